The Morgan fingerprint density at radius 1 is 0.429 bits per heavy atom. The van der Waals surface area contributed by atoms with Gasteiger partial charge < -0.3 is 28.4 Å². The SMILES string of the molecule is c1ccc2c(c1)COCCOCCOc1ccccc1OCCOCCOC2. The highest BCUT2D eigenvalue weighted by atomic mass is 16.6. The number of fused-ring (bicyclic) bond motifs is 2. The second-order valence-corrected chi connectivity index (χ2v) is 6.24. The van der Waals surface area contributed by atoms with Crippen molar-refractivity contribution < 1.29 is 28.4 Å². The number of para-hydroxylation sites is 2. The van der Waals surface area contributed by atoms with Crippen LogP contribution >= 0.6 is 0 Å². The molecule has 0 fully saturated rings. The Morgan fingerprint density at radius 2 is 0.821 bits per heavy atom. The fraction of sp³-hybridized carbons (Fsp3) is 0.455. The van der Waals surface area contributed by atoms with Crippen LogP contribution in [0.3, 0.4) is 0 Å². The van der Waals surface area contributed by atoms with Crippen molar-refractivity contribution in [3.8, 4) is 11.5 Å². The van der Waals surface area contributed by atoms with Gasteiger partial charge in [0.2, 0.25) is 0 Å². The van der Waals surface area contributed by atoms with Crippen LogP contribution in [-0.2, 0) is 32.2 Å². The third-order valence-electron chi connectivity index (χ3n) is 4.20. The van der Waals surface area contributed by atoms with Crippen LogP contribution in [0, 0.1) is 0 Å². The molecular weight excluding hydrogens is 360 g/mol. The quantitative estimate of drug-likeness (QED) is 0.691. The van der Waals surface area contributed by atoms with Crippen LogP contribution in [0.25, 0.3) is 0 Å². The van der Waals surface area contributed by atoms with E-state index in [1.807, 2.05) is 36.4 Å². The number of hydrogen-bond donors (Lipinski definition) is 0. The molecule has 0 saturated carbocycles. The summed E-state index contributed by atoms with van der Waals surface area (Å²) in [7, 11) is 0. The van der Waals surface area contributed by atoms with Crippen molar-refractivity contribution >= 4 is 0 Å². The standard InChI is InChI=1S/C22H28O6/c1-2-6-20-18-26-12-10-24-14-16-28-22-8-4-3-7-21(22)27-15-13-23-9-11-25-17-19(20)5-1/h1-8H,9-18H2. The maximum atomic E-state index is 5.76. The summed E-state index contributed by atoms with van der Waals surface area (Å²) >= 11 is 0. The van der Waals surface area contributed by atoms with E-state index in [0.717, 1.165) is 11.1 Å². The molecule has 0 aliphatic carbocycles. The van der Waals surface area contributed by atoms with Gasteiger partial charge in [0.05, 0.1) is 52.9 Å². The maximum absolute atomic E-state index is 5.76. The topological polar surface area (TPSA) is 55.4 Å². The largest absolute Gasteiger partial charge is 0.487 e. The van der Waals surface area contributed by atoms with Crippen molar-refractivity contribution in [1.82, 2.24) is 0 Å². The van der Waals surface area contributed by atoms with Crippen LogP contribution in [0.2, 0.25) is 0 Å². The van der Waals surface area contributed by atoms with Gasteiger partial charge in [-0.15, -0.1) is 0 Å². The summed E-state index contributed by atoms with van der Waals surface area (Å²) < 4.78 is 34.2. The summed E-state index contributed by atoms with van der Waals surface area (Å²) in [6, 6.07) is 15.7. The van der Waals surface area contributed by atoms with Crippen molar-refractivity contribution in [1.29, 1.82) is 0 Å². The number of ether oxygens (including phenoxy) is 6. The van der Waals surface area contributed by atoms with Crippen molar-refractivity contribution in [3.05, 3.63) is 59.7 Å². The van der Waals surface area contributed by atoms with Gasteiger partial charge in [-0.2, -0.15) is 0 Å². The molecule has 1 heterocycles. The lowest BCUT2D eigenvalue weighted by Crippen LogP contribution is -2.13. The monoisotopic (exact) mass is 388 g/mol. The first-order valence-electron chi connectivity index (χ1n) is 9.66. The molecule has 0 N–H and O–H groups in total. The first kappa shape index (κ1) is 20.6. The van der Waals surface area contributed by atoms with Crippen LogP contribution in [0.1, 0.15) is 11.1 Å². The van der Waals surface area contributed by atoms with E-state index in [1.54, 1.807) is 0 Å². The number of hydrogen-bond acceptors (Lipinski definition) is 6. The van der Waals surface area contributed by atoms with Gasteiger partial charge in [-0.1, -0.05) is 36.4 Å². The second-order valence-electron chi connectivity index (χ2n) is 6.24. The second kappa shape index (κ2) is 12.4. The third kappa shape index (κ3) is 7.13. The molecule has 2 aromatic carbocycles. The Morgan fingerprint density at radius 3 is 1.32 bits per heavy atom. The lowest BCUT2D eigenvalue weighted by Gasteiger charge is -2.14. The molecular formula is C22H28O6. The van der Waals surface area contributed by atoms with Crippen LogP contribution < -0.4 is 9.47 Å². The summed E-state index contributed by atoms with van der Waals surface area (Å²) in [6.07, 6.45) is 0. The van der Waals surface area contributed by atoms with E-state index >= 15 is 0 Å². The molecule has 0 bridgehead atoms. The molecule has 0 amide bonds. The zero-order chi connectivity index (χ0) is 19.3. The highest BCUT2D eigenvalue weighted by Crippen LogP contribution is 2.26. The Bertz CT molecular complexity index is 573. The minimum atomic E-state index is 0.455. The first-order chi connectivity index (χ1) is 13.9. The van der Waals surface area contributed by atoms with Gasteiger partial charge in [-0.05, 0) is 23.3 Å². The van der Waals surface area contributed by atoms with Gasteiger partial charge >= 0.3 is 0 Å². The Balaban J connectivity index is 1.51. The van der Waals surface area contributed by atoms with E-state index in [2.05, 4.69) is 12.1 Å². The molecule has 1 aliphatic rings. The van der Waals surface area contributed by atoms with E-state index in [1.165, 1.54) is 0 Å². The average molecular weight is 388 g/mol. The van der Waals surface area contributed by atoms with Gasteiger partial charge in [0.1, 0.15) is 13.2 Å². The Hall–Kier alpha value is -2.12. The summed E-state index contributed by atoms with van der Waals surface area (Å²) in [5.41, 5.74) is 2.26. The normalized spacial score (nSPS) is 18.0. The van der Waals surface area contributed by atoms with E-state index in [4.69, 9.17) is 28.4 Å². The Labute approximate surface area is 166 Å². The molecule has 1 aliphatic heterocycles. The molecule has 6 nitrogen and oxygen atoms in total. The van der Waals surface area contributed by atoms with Crippen LogP contribution in [-0.4, -0.2) is 52.9 Å². The number of benzene rings is 2. The number of rotatable bonds is 0. The molecule has 0 unspecified atom stereocenters. The van der Waals surface area contributed by atoms with Crippen molar-refractivity contribution in [2.75, 3.05) is 52.9 Å². The summed E-state index contributed by atoms with van der Waals surface area (Å²) in [5.74, 6) is 1.41. The molecule has 28 heavy (non-hydrogen) atoms. The van der Waals surface area contributed by atoms with Crippen LogP contribution in [0.4, 0.5) is 0 Å². The minimum absolute atomic E-state index is 0.455. The fourth-order valence-corrected chi connectivity index (χ4v) is 2.75. The van der Waals surface area contributed by atoms with Gasteiger partial charge in [0, 0.05) is 0 Å². The highest BCUT2D eigenvalue weighted by molar-refractivity contribution is 5.39. The van der Waals surface area contributed by atoms with Crippen molar-refractivity contribution in [2.45, 2.75) is 13.2 Å². The van der Waals surface area contributed by atoms with Gasteiger partial charge in [0.25, 0.3) is 0 Å². The molecule has 0 aromatic heterocycles. The zero-order valence-corrected chi connectivity index (χ0v) is 16.1. The van der Waals surface area contributed by atoms with E-state index in [-0.39, 0.29) is 0 Å². The zero-order valence-electron chi connectivity index (χ0n) is 16.1. The van der Waals surface area contributed by atoms with Crippen molar-refractivity contribution in [3.63, 3.8) is 0 Å². The van der Waals surface area contributed by atoms with Gasteiger partial charge in [-0.3, -0.25) is 0 Å². The minimum Gasteiger partial charge on any atom is -0.487 e. The lowest BCUT2D eigenvalue weighted by molar-refractivity contribution is 0.0223. The smallest absolute Gasteiger partial charge is 0.161 e. The van der Waals surface area contributed by atoms with E-state index in [0.29, 0.717) is 77.6 Å². The van der Waals surface area contributed by atoms with E-state index in [9.17, 15) is 0 Å². The summed E-state index contributed by atoms with van der Waals surface area (Å²) in [4.78, 5) is 0. The highest BCUT2D eigenvalue weighted by Gasteiger charge is 2.05. The Kier molecular flexibility index (Phi) is 9.10. The predicted molar refractivity (Wildman–Crippen MR) is 105 cm³/mol. The third-order valence-corrected chi connectivity index (χ3v) is 4.20. The molecule has 0 radical (unpaired) electrons. The lowest BCUT2D eigenvalue weighted by atomic mass is 10.1. The molecule has 0 atom stereocenters. The molecule has 6 heteroatoms. The fourth-order valence-electron chi connectivity index (χ4n) is 2.75. The molecule has 0 saturated heterocycles. The molecule has 0 spiro atoms. The molecule has 152 valence electrons. The summed E-state index contributed by atoms with van der Waals surface area (Å²) in [6.45, 7) is 5.09. The summed E-state index contributed by atoms with van der Waals surface area (Å²) in [5, 5.41) is 0. The van der Waals surface area contributed by atoms with Gasteiger partial charge in [-0.25, -0.2) is 0 Å². The first-order valence-corrected chi connectivity index (χ1v) is 9.66. The van der Waals surface area contributed by atoms with E-state index < -0.39 is 0 Å². The molecule has 3 rings (SSSR count). The van der Waals surface area contributed by atoms with Crippen molar-refractivity contribution in [2.24, 2.45) is 0 Å². The maximum Gasteiger partial charge on any atom is 0.161 e. The molecule has 2 aromatic rings. The van der Waals surface area contributed by atoms with Crippen LogP contribution in [0.15, 0.2) is 48.5 Å². The van der Waals surface area contributed by atoms with Gasteiger partial charge in [0.15, 0.2) is 11.5 Å². The predicted octanol–water partition coefficient (Wildman–Crippen LogP) is 3.22. The average Bonchev–Trinajstić information content (AvgIpc) is 2.73. The van der Waals surface area contributed by atoms with Crippen LogP contribution in [0.5, 0.6) is 11.5 Å².